The summed E-state index contributed by atoms with van der Waals surface area (Å²) in [5.41, 5.74) is 1.98. The van der Waals surface area contributed by atoms with Gasteiger partial charge in [-0.1, -0.05) is 23.7 Å². The fraction of sp³-hybridized carbons (Fsp3) is 0.200. The zero-order chi connectivity index (χ0) is 15.2. The van der Waals surface area contributed by atoms with Crippen LogP contribution in [0, 0.1) is 11.3 Å². The van der Waals surface area contributed by atoms with Crippen molar-refractivity contribution in [2.75, 3.05) is 11.9 Å². The molecule has 0 saturated heterocycles. The summed E-state index contributed by atoms with van der Waals surface area (Å²) in [6.07, 6.45) is 1.69. The SMILES string of the molecule is CC(Nc1cnc(Cl)c(Br)c1)c1ccc(OCC#N)cc1. The van der Waals surface area contributed by atoms with E-state index in [0.717, 1.165) is 15.7 Å². The number of nitrogens with one attached hydrogen (secondary N) is 1. The third-order valence-electron chi connectivity index (χ3n) is 2.86. The molecule has 0 radical (unpaired) electrons. The second-order valence-electron chi connectivity index (χ2n) is 4.38. The van der Waals surface area contributed by atoms with Gasteiger partial charge in [0.2, 0.25) is 0 Å². The van der Waals surface area contributed by atoms with Gasteiger partial charge in [0.1, 0.15) is 17.0 Å². The van der Waals surface area contributed by atoms with Gasteiger partial charge in [0, 0.05) is 6.04 Å². The molecule has 0 spiro atoms. The van der Waals surface area contributed by atoms with E-state index in [4.69, 9.17) is 21.6 Å². The van der Waals surface area contributed by atoms with E-state index in [1.165, 1.54) is 0 Å². The maximum atomic E-state index is 8.47. The molecule has 4 nitrogen and oxygen atoms in total. The number of anilines is 1. The van der Waals surface area contributed by atoms with E-state index in [1.54, 1.807) is 6.20 Å². The number of benzene rings is 1. The minimum atomic E-state index is 0.0532. The second kappa shape index (κ2) is 7.30. The average molecular weight is 367 g/mol. The summed E-state index contributed by atoms with van der Waals surface area (Å²) in [7, 11) is 0. The predicted octanol–water partition coefficient (Wildman–Crippen LogP) is 4.57. The molecular weight excluding hydrogens is 354 g/mol. The highest BCUT2D eigenvalue weighted by molar-refractivity contribution is 9.10. The van der Waals surface area contributed by atoms with Crippen LogP contribution >= 0.6 is 27.5 Å². The quantitative estimate of drug-likeness (QED) is 0.787. The lowest BCUT2D eigenvalue weighted by molar-refractivity contribution is 0.368. The molecule has 1 atom stereocenters. The molecule has 2 aromatic rings. The molecular formula is C15H13BrClN3O. The normalized spacial score (nSPS) is 11.5. The number of halogens is 2. The van der Waals surface area contributed by atoms with E-state index in [2.05, 4.69) is 26.2 Å². The van der Waals surface area contributed by atoms with Gasteiger partial charge >= 0.3 is 0 Å². The van der Waals surface area contributed by atoms with Gasteiger partial charge in [-0.25, -0.2) is 4.98 Å². The topological polar surface area (TPSA) is 57.9 Å². The zero-order valence-corrected chi connectivity index (χ0v) is 13.6. The van der Waals surface area contributed by atoms with Crippen molar-refractivity contribution < 1.29 is 4.74 Å². The van der Waals surface area contributed by atoms with Crippen LogP contribution in [-0.4, -0.2) is 11.6 Å². The first-order valence-corrected chi connectivity index (χ1v) is 7.44. The lowest BCUT2D eigenvalue weighted by atomic mass is 10.1. The van der Waals surface area contributed by atoms with Crippen LogP contribution in [0.4, 0.5) is 5.69 Å². The molecule has 1 unspecified atom stereocenters. The van der Waals surface area contributed by atoms with E-state index in [1.807, 2.05) is 43.3 Å². The fourth-order valence-corrected chi connectivity index (χ4v) is 2.25. The molecule has 0 aliphatic rings. The molecule has 108 valence electrons. The minimum Gasteiger partial charge on any atom is -0.479 e. The number of aromatic nitrogens is 1. The Hall–Kier alpha value is -1.77. The van der Waals surface area contributed by atoms with E-state index >= 15 is 0 Å². The summed E-state index contributed by atoms with van der Waals surface area (Å²) in [6, 6.07) is 11.5. The molecule has 21 heavy (non-hydrogen) atoms. The highest BCUT2D eigenvalue weighted by Crippen LogP contribution is 2.26. The average Bonchev–Trinajstić information content (AvgIpc) is 2.49. The molecule has 0 fully saturated rings. The van der Waals surface area contributed by atoms with Gasteiger partial charge in [0.15, 0.2) is 6.61 Å². The summed E-state index contributed by atoms with van der Waals surface area (Å²) >= 11 is 9.22. The Morgan fingerprint density at radius 2 is 2.14 bits per heavy atom. The Morgan fingerprint density at radius 3 is 2.76 bits per heavy atom. The van der Waals surface area contributed by atoms with Gasteiger partial charge in [-0.3, -0.25) is 0 Å². The van der Waals surface area contributed by atoms with Crippen molar-refractivity contribution in [2.45, 2.75) is 13.0 Å². The van der Waals surface area contributed by atoms with Crippen LogP contribution in [0.25, 0.3) is 0 Å². The summed E-state index contributed by atoms with van der Waals surface area (Å²) in [5.74, 6) is 0.684. The lowest BCUT2D eigenvalue weighted by Crippen LogP contribution is -2.07. The second-order valence-corrected chi connectivity index (χ2v) is 5.59. The molecule has 2 rings (SSSR count). The van der Waals surface area contributed by atoms with Gasteiger partial charge in [0.25, 0.3) is 0 Å². The smallest absolute Gasteiger partial charge is 0.174 e. The van der Waals surface area contributed by atoms with E-state index in [9.17, 15) is 0 Å². The number of nitriles is 1. The molecule has 1 aromatic heterocycles. The summed E-state index contributed by atoms with van der Waals surface area (Å²) in [5, 5.41) is 12.3. The van der Waals surface area contributed by atoms with Crippen molar-refractivity contribution in [3.63, 3.8) is 0 Å². The Morgan fingerprint density at radius 1 is 1.43 bits per heavy atom. The maximum absolute atomic E-state index is 8.47. The van der Waals surface area contributed by atoms with Gasteiger partial charge in [-0.2, -0.15) is 5.26 Å². The molecule has 1 N–H and O–H groups in total. The van der Waals surface area contributed by atoms with Crippen molar-refractivity contribution >= 4 is 33.2 Å². The van der Waals surface area contributed by atoms with Gasteiger partial charge < -0.3 is 10.1 Å². The molecule has 0 aliphatic carbocycles. The van der Waals surface area contributed by atoms with Crippen molar-refractivity contribution in [3.8, 4) is 11.8 Å². The first-order valence-electron chi connectivity index (χ1n) is 6.27. The zero-order valence-electron chi connectivity index (χ0n) is 11.3. The van der Waals surface area contributed by atoms with Crippen LogP contribution in [-0.2, 0) is 0 Å². The van der Waals surface area contributed by atoms with Crippen molar-refractivity contribution in [2.24, 2.45) is 0 Å². The Kier molecular flexibility index (Phi) is 5.43. The van der Waals surface area contributed by atoms with E-state index in [0.29, 0.717) is 10.9 Å². The van der Waals surface area contributed by atoms with Gasteiger partial charge in [-0.15, -0.1) is 0 Å². The van der Waals surface area contributed by atoms with E-state index < -0.39 is 0 Å². The maximum Gasteiger partial charge on any atom is 0.174 e. The van der Waals surface area contributed by atoms with Crippen molar-refractivity contribution in [3.05, 3.63) is 51.7 Å². The predicted molar refractivity (Wildman–Crippen MR) is 86.5 cm³/mol. The number of pyridine rings is 1. The molecule has 0 aliphatic heterocycles. The van der Waals surface area contributed by atoms with Crippen LogP contribution in [0.15, 0.2) is 41.0 Å². The van der Waals surface area contributed by atoms with Crippen LogP contribution in [0.3, 0.4) is 0 Å². The number of hydrogen-bond acceptors (Lipinski definition) is 4. The highest BCUT2D eigenvalue weighted by Gasteiger charge is 2.07. The van der Waals surface area contributed by atoms with Crippen molar-refractivity contribution in [1.29, 1.82) is 5.26 Å². The number of hydrogen-bond donors (Lipinski definition) is 1. The molecule has 0 bridgehead atoms. The lowest BCUT2D eigenvalue weighted by Gasteiger charge is -2.16. The number of ether oxygens (including phenoxy) is 1. The third-order valence-corrected chi connectivity index (χ3v) is 4.00. The van der Waals surface area contributed by atoms with Gasteiger partial charge in [-0.05, 0) is 46.6 Å². The highest BCUT2D eigenvalue weighted by atomic mass is 79.9. The molecule has 1 aromatic carbocycles. The summed E-state index contributed by atoms with van der Waals surface area (Å²) in [6.45, 7) is 2.10. The summed E-state index contributed by atoms with van der Waals surface area (Å²) < 4.78 is 5.98. The molecule has 6 heteroatoms. The first-order chi connectivity index (χ1) is 10.1. The fourth-order valence-electron chi connectivity index (χ4n) is 1.80. The Balaban J connectivity index is 2.04. The molecule has 0 amide bonds. The minimum absolute atomic E-state index is 0.0532. The van der Waals surface area contributed by atoms with Gasteiger partial charge in [0.05, 0.1) is 16.4 Å². The van der Waals surface area contributed by atoms with E-state index in [-0.39, 0.29) is 12.6 Å². The summed E-state index contributed by atoms with van der Waals surface area (Å²) in [4.78, 5) is 4.08. The van der Waals surface area contributed by atoms with Crippen LogP contribution in [0.5, 0.6) is 5.75 Å². The standard InChI is InChI=1S/C15H13BrClN3O/c1-10(20-12-8-14(16)15(17)19-9-12)11-2-4-13(5-3-11)21-7-6-18/h2-5,8-10,20H,7H2,1H3. The number of rotatable bonds is 5. The first kappa shape index (κ1) is 15.6. The largest absolute Gasteiger partial charge is 0.479 e. The van der Waals surface area contributed by atoms with Crippen molar-refractivity contribution in [1.82, 2.24) is 4.98 Å². The Labute approximate surface area is 136 Å². The van der Waals surface area contributed by atoms with Crippen LogP contribution < -0.4 is 10.1 Å². The third kappa shape index (κ3) is 4.35. The Bertz CT molecular complexity index is 655. The molecule has 0 saturated carbocycles. The monoisotopic (exact) mass is 365 g/mol. The molecule has 1 heterocycles. The van der Waals surface area contributed by atoms with Crippen LogP contribution in [0.2, 0.25) is 5.15 Å². The number of nitrogens with zero attached hydrogens (tertiary/aromatic N) is 2. The van der Waals surface area contributed by atoms with Crippen LogP contribution in [0.1, 0.15) is 18.5 Å².